The maximum Gasteiger partial charge on any atom is 0.146 e. The van der Waals surface area contributed by atoms with Crippen LogP contribution in [0, 0.1) is 5.82 Å². The maximum absolute atomic E-state index is 13.5. The van der Waals surface area contributed by atoms with Gasteiger partial charge in [-0.15, -0.1) is 0 Å². The van der Waals surface area contributed by atoms with E-state index in [0.717, 1.165) is 0 Å². The first-order chi connectivity index (χ1) is 7.06. The van der Waals surface area contributed by atoms with Crippen LogP contribution in [0.5, 0.6) is 0 Å². The van der Waals surface area contributed by atoms with E-state index in [2.05, 4.69) is 15.9 Å². The summed E-state index contributed by atoms with van der Waals surface area (Å²) in [5, 5.41) is 0.0800. The standard InChI is InChI=1S/C11H11BrClFO/c1-2-8(15)5-3-7-4-6-9(12)10(13)11(7)14/h4,6H,2-3,5H2,1H3. The van der Waals surface area contributed by atoms with Crippen molar-refractivity contribution in [3.8, 4) is 0 Å². The maximum atomic E-state index is 13.5. The molecular weight excluding hydrogens is 282 g/mol. The molecule has 0 N–H and O–H groups in total. The Morgan fingerprint density at radius 2 is 2.20 bits per heavy atom. The van der Waals surface area contributed by atoms with Gasteiger partial charge >= 0.3 is 0 Å². The van der Waals surface area contributed by atoms with Crippen LogP contribution in [0.2, 0.25) is 5.02 Å². The molecule has 0 amide bonds. The molecule has 1 aromatic rings. The van der Waals surface area contributed by atoms with E-state index in [-0.39, 0.29) is 10.8 Å². The Hall–Kier alpha value is -0.410. The van der Waals surface area contributed by atoms with Gasteiger partial charge in [0, 0.05) is 17.3 Å². The Bertz CT molecular complexity index is 379. The molecule has 0 aromatic heterocycles. The van der Waals surface area contributed by atoms with Crippen LogP contribution in [-0.4, -0.2) is 5.78 Å². The van der Waals surface area contributed by atoms with Crippen molar-refractivity contribution in [2.45, 2.75) is 26.2 Å². The van der Waals surface area contributed by atoms with Crippen LogP contribution in [0.15, 0.2) is 16.6 Å². The number of ketones is 1. The van der Waals surface area contributed by atoms with Gasteiger partial charge < -0.3 is 0 Å². The third-order valence-corrected chi connectivity index (χ3v) is 3.44. The van der Waals surface area contributed by atoms with E-state index < -0.39 is 5.82 Å². The molecule has 0 unspecified atom stereocenters. The van der Waals surface area contributed by atoms with E-state index in [1.54, 1.807) is 19.1 Å². The van der Waals surface area contributed by atoms with Gasteiger partial charge in [0.15, 0.2) is 0 Å². The van der Waals surface area contributed by atoms with Gasteiger partial charge in [-0.3, -0.25) is 4.79 Å². The summed E-state index contributed by atoms with van der Waals surface area (Å²) in [5.74, 6) is -0.302. The van der Waals surface area contributed by atoms with Crippen LogP contribution < -0.4 is 0 Å². The number of benzene rings is 1. The average molecular weight is 294 g/mol. The monoisotopic (exact) mass is 292 g/mol. The Morgan fingerprint density at radius 1 is 1.53 bits per heavy atom. The molecule has 0 bridgehead atoms. The first-order valence-corrected chi connectivity index (χ1v) is 5.87. The number of halogens is 3. The van der Waals surface area contributed by atoms with E-state index in [4.69, 9.17) is 11.6 Å². The molecule has 1 nitrogen and oxygen atoms in total. The number of hydrogen-bond acceptors (Lipinski definition) is 1. The van der Waals surface area contributed by atoms with Crippen molar-refractivity contribution in [2.75, 3.05) is 0 Å². The molecule has 0 aliphatic heterocycles. The quantitative estimate of drug-likeness (QED) is 0.762. The zero-order valence-electron chi connectivity index (χ0n) is 8.32. The fraction of sp³-hybridized carbons (Fsp3) is 0.364. The van der Waals surface area contributed by atoms with Gasteiger partial charge in [0.1, 0.15) is 11.6 Å². The molecular formula is C11H11BrClFO. The summed E-state index contributed by atoms with van der Waals surface area (Å²) in [5.41, 5.74) is 0.491. The Balaban J connectivity index is 2.78. The zero-order chi connectivity index (χ0) is 11.4. The van der Waals surface area contributed by atoms with Crippen LogP contribution in [0.25, 0.3) is 0 Å². The smallest absolute Gasteiger partial charge is 0.146 e. The summed E-state index contributed by atoms with van der Waals surface area (Å²) in [6.07, 6.45) is 1.27. The first-order valence-electron chi connectivity index (χ1n) is 4.70. The lowest BCUT2D eigenvalue weighted by Gasteiger charge is -2.05. The second kappa shape index (κ2) is 5.61. The highest BCUT2D eigenvalue weighted by Crippen LogP contribution is 2.28. The molecule has 4 heteroatoms. The number of aryl methyl sites for hydroxylation is 1. The summed E-state index contributed by atoms with van der Waals surface area (Å²) in [6.45, 7) is 1.80. The fourth-order valence-corrected chi connectivity index (χ4v) is 1.70. The second-order valence-electron chi connectivity index (χ2n) is 3.23. The highest BCUT2D eigenvalue weighted by atomic mass is 79.9. The minimum Gasteiger partial charge on any atom is -0.300 e. The molecule has 15 heavy (non-hydrogen) atoms. The van der Waals surface area contributed by atoms with Gasteiger partial charge in [0.2, 0.25) is 0 Å². The number of carbonyl (C=O) groups excluding carboxylic acids is 1. The molecule has 82 valence electrons. The number of hydrogen-bond donors (Lipinski definition) is 0. The molecule has 1 aromatic carbocycles. The van der Waals surface area contributed by atoms with Crippen molar-refractivity contribution < 1.29 is 9.18 Å². The van der Waals surface area contributed by atoms with Crippen molar-refractivity contribution in [2.24, 2.45) is 0 Å². The predicted molar refractivity (Wildman–Crippen MR) is 62.7 cm³/mol. The Labute approximate surface area is 102 Å². The van der Waals surface area contributed by atoms with Gasteiger partial charge in [0.05, 0.1) is 5.02 Å². The lowest BCUT2D eigenvalue weighted by atomic mass is 10.1. The molecule has 0 fully saturated rings. The lowest BCUT2D eigenvalue weighted by Crippen LogP contribution is -2.00. The minimum absolute atomic E-state index is 0.0800. The molecule has 0 heterocycles. The summed E-state index contributed by atoms with van der Waals surface area (Å²) < 4.78 is 14.1. The molecule has 0 aliphatic carbocycles. The predicted octanol–water partition coefficient (Wildman–Crippen LogP) is 4.15. The number of Topliss-reactive ketones (excluding diaryl/α,β-unsaturated/α-hetero) is 1. The highest BCUT2D eigenvalue weighted by molar-refractivity contribution is 9.10. The van der Waals surface area contributed by atoms with E-state index >= 15 is 0 Å². The average Bonchev–Trinajstić information content (AvgIpc) is 2.24. The van der Waals surface area contributed by atoms with Gasteiger partial charge in [-0.25, -0.2) is 4.39 Å². The van der Waals surface area contributed by atoms with Gasteiger partial charge in [-0.2, -0.15) is 0 Å². The van der Waals surface area contributed by atoms with Crippen molar-refractivity contribution in [3.63, 3.8) is 0 Å². The zero-order valence-corrected chi connectivity index (χ0v) is 10.7. The van der Waals surface area contributed by atoms with Crippen molar-refractivity contribution >= 4 is 33.3 Å². The molecule has 1 rings (SSSR count). The van der Waals surface area contributed by atoms with Gasteiger partial charge in [0.25, 0.3) is 0 Å². The van der Waals surface area contributed by atoms with Gasteiger partial charge in [-0.1, -0.05) is 24.6 Å². The normalized spacial score (nSPS) is 10.4. The van der Waals surface area contributed by atoms with Crippen molar-refractivity contribution in [3.05, 3.63) is 33.0 Å². The number of carbonyl (C=O) groups is 1. The summed E-state index contributed by atoms with van der Waals surface area (Å²) in [7, 11) is 0. The molecule has 0 atom stereocenters. The van der Waals surface area contributed by atoms with Crippen LogP contribution in [0.4, 0.5) is 4.39 Å². The summed E-state index contributed by atoms with van der Waals surface area (Å²) in [6, 6.07) is 3.34. The number of rotatable bonds is 4. The van der Waals surface area contributed by atoms with Crippen LogP contribution in [0.1, 0.15) is 25.3 Å². The van der Waals surface area contributed by atoms with E-state index in [0.29, 0.717) is 29.3 Å². The van der Waals surface area contributed by atoms with Crippen molar-refractivity contribution in [1.82, 2.24) is 0 Å². The molecule has 0 spiro atoms. The van der Waals surface area contributed by atoms with E-state index in [1.165, 1.54) is 0 Å². The SMILES string of the molecule is CCC(=O)CCc1ccc(Br)c(Cl)c1F. The highest BCUT2D eigenvalue weighted by Gasteiger charge is 2.10. The Kier molecular flexibility index (Phi) is 4.74. The molecule has 0 saturated heterocycles. The van der Waals surface area contributed by atoms with Crippen LogP contribution in [-0.2, 0) is 11.2 Å². The van der Waals surface area contributed by atoms with E-state index in [9.17, 15) is 9.18 Å². The van der Waals surface area contributed by atoms with Crippen LogP contribution in [0.3, 0.4) is 0 Å². The Morgan fingerprint density at radius 3 is 2.80 bits per heavy atom. The molecule has 0 saturated carbocycles. The molecule has 0 aliphatic rings. The topological polar surface area (TPSA) is 17.1 Å². The first kappa shape index (κ1) is 12.7. The van der Waals surface area contributed by atoms with Crippen LogP contribution >= 0.6 is 27.5 Å². The summed E-state index contributed by atoms with van der Waals surface area (Å²) in [4.78, 5) is 11.1. The minimum atomic E-state index is -0.435. The van der Waals surface area contributed by atoms with Crippen molar-refractivity contribution in [1.29, 1.82) is 0 Å². The van der Waals surface area contributed by atoms with Gasteiger partial charge in [-0.05, 0) is 34.0 Å². The second-order valence-corrected chi connectivity index (χ2v) is 4.46. The largest absolute Gasteiger partial charge is 0.300 e. The third kappa shape index (κ3) is 3.28. The lowest BCUT2D eigenvalue weighted by molar-refractivity contribution is -0.118. The fourth-order valence-electron chi connectivity index (χ4n) is 1.21. The van der Waals surface area contributed by atoms with E-state index in [1.807, 2.05) is 0 Å². The third-order valence-electron chi connectivity index (χ3n) is 2.18. The molecule has 0 radical (unpaired) electrons. The summed E-state index contributed by atoms with van der Waals surface area (Å²) >= 11 is 8.86.